The summed E-state index contributed by atoms with van der Waals surface area (Å²) in [6.07, 6.45) is -0.662. The van der Waals surface area contributed by atoms with E-state index in [2.05, 4.69) is 0 Å². The third-order valence-corrected chi connectivity index (χ3v) is 5.38. The molecule has 9 heteroatoms. The number of rotatable bonds is 3. The molecule has 2 fully saturated rings. The number of methoxy groups -OCH3 is 1. The zero-order chi connectivity index (χ0) is 20.1. The SMILES string of the molecule is COc1ccc2oc(C(=O)N3CC(N)[C@@H](N4CC(F)(F)CCC4=O)C3)cc2c1. The van der Waals surface area contributed by atoms with Crippen molar-refractivity contribution >= 4 is 22.8 Å². The smallest absolute Gasteiger partial charge is 0.289 e. The molecule has 0 bridgehead atoms. The van der Waals surface area contributed by atoms with E-state index in [4.69, 9.17) is 14.9 Å². The van der Waals surface area contributed by atoms with Crippen molar-refractivity contribution in [2.45, 2.75) is 30.8 Å². The molecule has 1 unspecified atom stereocenters. The average Bonchev–Trinajstić information content (AvgIpc) is 3.26. The van der Waals surface area contributed by atoms with Crippen LogP contribution in [0.5, 0.6) is 5.75 Å². The van der Waals surface area contributed by atoms with Crippen LogP contribution in [0.2, 0.25) is 0 Å². The van der Waals surface area contributed by atoms with Gasteiger partial charge in [-0.1, -0.05) is 0 Å². The summed E-state index contributed by atoms with van der Waals surface area (Å²) in [4.78, 5) is 27.6. The monoisotopic (exact) mass is 393 g/mol. The first-order chi connectivity index (χ1) is 13.3. The molecule has 1 aromatic carbocycles. The predicted molar refractivity (Wildman–Crippen MR) is 96.3 cm³/mol. The summed E-state index contributed by atoms with van der Waals surface area (Å²) in [7, 11) is 1.55. The minimum Gasteiger partial charge on any atom is -0.497 e. The van der Waals surface area contributed by atoms with Crippen molar-refractivity contribution in [2.24, 2.45) is 5.73 Å². The molecule has 4 rings (SSSR count). The number of piperidine rings is 1. The van der Waals surface area contributed by atoms with Gasteiger partial charge in [0.25, 0.3) is 11.8 Å². The number of carbonyl (C=O) groups excluding carboxylic acids is 2. The van der Waals surface area contributed by atoms with Crippen molar-refractivity contribution in [3.8, 4) is 5.75 Å². The van der Waals surface area contributed by atoms with Crippen LogP contribution in [0.15, 0.2) is 28.7 Å². The van der Waals surface area contributed by atoms with Crippen LogP contribution in [0.4, 0.5) is 8.78 Å². The Labute approximate surface area is 160 Å². The first kappa shape index (κ1) is 18.7. The van der Waals surface area contributed by atoms with Gasteiger partial charge in [0.05, 0.1) is 19.7 Å². The van der Waals surface area contributed by atoms with Crippen molar-refractivity contribution in [3.05, 3.63) is 30.0 Å². The Balaban J connectivity index is 1.52. The Bertz CT molecular complexity index is 929. The van der Waals surface area contributed by atoms with Crippen molar-refractivity contribution in [1.82, 2.24) is 9.80 Å². The molecule has 28 heavy (non-hydrogen) atoms. The van der Waals surface area contributed by atoms with Crippen LogP contribution in [-0.2, 0) is 4.79 Å². The van der Waals surface area contributed by atoms with E-state index < -0.39 is 31.0 Å². The number of hydrogen-bond donors (Lipinski definition) is 1. The number of nitrogens with two attached hydrogens (primary N) is 1. The zero-order valence-corrected chi connectivity index (χ0v) is 15.4. The Hall–Kier alpha value is -2.68. The van der Waals surface area contributed by atoms with Crippen LogP contribution in [0.3, 0.4) is 0 Å². The van der Waals surface area contributed by atoms with Crippen LogP contribution in [-0.4, -0.2) is 66.4 Å². The molecule has 0 spiro atoms. The fraction of sp³-hybridized carbons (Fsp3) is 0.474. The maximum atomic E-state index is 13.8. The summed E-state index contributed by atoms with van der Waals surface area (Å²) < 4.78 is 38.3. The lowest BCUT2D eigenvalue weighted by molar-refractivity contribution is -0.150. The molecule has 2 aromatic rings. The van der Waals surface area contributed by atoms with Gasteiger partial charge >= 0.3 is 0 Å². The second-order valence-electron chi connectivity index (χ2n) is 7.33. The first-order valence-electron chi connectivity index (χ1n) is 9.07. The number of nitrogens with zero attached hydrogens (tertiary/aromatic N) is 2. The minimum atomic E-state index is -2.93. The number of amides is 2. The normalized spacial score (nSPS) is 24.8. The number of furan rings is 1. The van der Waals surface area contributed by atoms with Crippen molar-refractivity contribution < 1.29 is 27.5 Å². The van der Waals surface area contributed by atoms with E-state index >= 15 is 0 Å². The van der Waals surface area contributed by atoms with Crippen LogP contribution < -0.4 is 10.5 Å². The van der Waals surface area contributed by atoms with Crippen molar-refractivity contribution in [1.29, 1.82) is 0 Å². The number of carbonyl (C=O) groups is 2. The quantitative estimate of drug-likeness (QED) is 0.860. The molecule has 150 valence electrons. The van der Waals surface area contributed by atoms with Crippen molar-refractivity contribution in [3.63, 3.8) is 0 Å². The number of hydrogen-bond acceptors (Lipinski definition) is 5. The number of fused-ring (bicyclic) bond motifs is 1. The van der Waals surface area contributed by atoms with Gasteiger partial charge in [0.1, 0.15) is 11.3 Å². The van der Waals surface area contributed by atoms with Gasteiger partial charge in [0.15, 0.2) is 5.76 Å². The molecule has 0 saturated carbocycles. The maximum absolute atomic E-state index is 13.8. The van der Waals surface area contributed by atoms with Gasteiger partial charge in [-0.3, -0.25) is 9.59 Å². The lowest BCUT2D eigenvalue weighted by Crippen LogP contribution is -2.56. The summed E-state index contributed by atoms with van der Waals surface area (Å²) in [5.74, 6) is -2.89. The van der Waals surface area contributed by atoms with E-state index in [0.29, 0.717) is 16.7 Å². The molecular weight excluding hydrogens is 372 g/mol. The Morgan fingerprint density at radius 3 is 2.86 bits per heavy atom. The van der Waals surface area contributed by atoms with Crippen LogP contribution in [0, 0.1) is 0 Å². The lowest BCUT2D eigenvalue weighted by Gasteiger charge is -2.37. The number of likely N-dealkylation sites (tertiary alicyclic amines) is 2. The highest BCUT2D eigenvalue weighted by molar-refractivity contribution is 5.96. The third-order valence-electron chi connectivity index (χ3n) is 5.38. The highest BCUT2D eigenvalue weighted by Gasteiger charge is 2.46. The minimum absolute atomic E-state index is 0.0994. The molecule has 2 atom stereocenters. The van der Waals surface area contributed by atoms with Gasteiger partial charge in [-0.2, -0.15) is 0 Å². The molecule has 2 saturated heterocycles. The van der Waals surface area contributed by atoms with Gasteiger partial charge in [0, 0.05) is 37.4 Å². The van der Waals surface area contributed by atoms with Gasteiger partial charge in [-0.25, -0.2) is 8.78 Å². The maximum Gasteiger partial charge on any atom is 0.289 e. The summed E-state index contributed by atoms with van der Waals surface area (Å²) in [5, 5.41) is 0.716. The molecule has 2 aliphatic heterocycles. The standard InChI is InChI=1S/C19H21F2N3O4/c1-27-12-2-3-15-11(6-12)7-16(28-15)18(26)23-8-13(22)14(9-23)24-10-19(20,21)5-4-17(24)25/h2-3,6-7,13-14H,4-5,8-10,22H2,1H3/t13?,14-/m0/s1. The Kier molecular flexibility index (Phi) is 4.49. The van der Waals surface area contributed by atoms with Crippen LogP contribution in [0.25, 0.3) is 11.0 Å². The molecule has 2 amide bonds. The van der Waals surface area contributed by atoms with Crippen LogP contribution >= 0.6 is 0 Å². The van der Waals surface area contributed by atoms with E-state index in [1.54, 1.807) is 31.4 Å². The largest absolute Gasteiger partial charge is 0.497 e. The molecule has 2 aliphatic rings. The third kappa shape index (κ3) is 3.30. The van der Waals surface area contributed by atoms with E-state index in [1.165, 1.54) is 4.90 Å². The van der Waals surface area contributed by atoms with E-state index in [0.717, 1.165) is 4.90 Å². The number of ether oxygens (including phenoxy) is 1. The summed E-state index contributed by atoms with van der Waals surface area (Å²) >= 11 is 0. The Morgan fingerprint density at radius 2 is 2.11 bits per heavy atom. The molecule has 0 aliphatic carbocycles. The topological polar surface area (TPSA) is 89.0 Å². The molecular formula is C19H21F2N3O4. The van der Waals surface area contributed by atoms with E-state index in [-0.39, 0.29) is 37.1 Å². The second-order valence-corrected chi connectivity index (χ2v) is 7.33. The summed E-state index contributed by atoms with van der Waals surface area (Å²) in [5.41, 5.74) is 6.64. The second kappa shape index (κ2) is 6.73. The van der Waals surface area contributed by atoms with Gasteiger partial charge in [0.2, 0.25) is 5.91 Å². The van der Waals surface area contributed by atoms with E-state index in [1.807, 2.05) is 0 Å². The number of halogens is 2. The summed E-state index contributed by atoms with van der Waals surface area (Å²) in [6, 6.07) is 5.57. The van der Waals surface area contributed by atoms with Gasteiger partial charge < -0.3 is 24.7 Å². The van der Waals surface area contributed by atoms with Crippen LogP contribution in [0.1, 0.15) is 23.4 Å². The molecule has 3 heterocycles. The average molecular weight is 393 g/mol. The number of alkyl halides is 2. The fourth-order valence-corrected chi connectivity index (χ4v) is 3.87. The highest BCUT2D eigenvalue weighted by Crippen LogP contribution is 2.31. The van der Waals surface area contributed by atoms with Gasteiger partial charge in [-0.15, -0.1) is 0 Å². The molecule has 2 N–H and O–H groups in total. The molecule has 1 aromatic heterocycles. The first-order valence-corrected chi connectivity index (χ1v) is 9.07. The number of benzene rings is 1. The fourth-order valence-electron chi connectivity index (χ4n) is 3.87. The summed E-state index contributed by atoms with van der Waals surface area (Å²) in [6.45, 7) is -0.391. The van der Waals surface area contributed by atoms with E-state index in [9.17, 15) is 18.4 Å². The zero-order valence-electron chi connectivity index (χ0n) is 15.4. The highest BCUT2D eigenvalue weighted by atomic mass is 19.3. The predicted octanol–water partition coefficient (Wildman–Crippen LogP) is 1.85. The lowest BCUT2D eigenvalue weighted by atomic mass is 10.0. The van der Waals surface area contributed by atoms with Gasteiger partial charge in [-0.05, 0) is 24.3 Å². The van der Waals surface area contributed by atoms with Crippen molar-refractivity contribution in [2.75, 3.05) is 26.7 Å². The molecule has 0 radical (unpaired) electrons. The molecule has 7 nitrogen and oxygen atoms in total. The Morgan fingerprint density at radius 1 is 1.32 bits per heavy atom.